The van der Waals surface area contributed by atoms with E-state index in [1.807, 2.05) is 26.0 Å². The average Bonchev–Trinajstić information content (AvgIpc) is 3.05. The van der Waals surface area contributed by atoms with Gasteiger partial charge in [0.2, 0.25) is 0 Å². The Labute approximate surface area is 118 Å². The number of nitrogens with zero attached hydrogens (tertiary/aromatic N) is 3. The van der Waals surface area contributed by atoms with Crippen molar-refractivity contribution in [3.8, 4) is 0 Å². The van der Waals surface area contributed by atoms with Crippen LogP contribution < -0.4 is 5.32 Å². The highest BCUT2D eigenvalue weighted by atomic mass is 16.2. The summed E-state index contributed by atoms with van der Waals surface area (Å²) >= 11 is 0. The van der Waals surface area contributed by atoms with Crippen LogP contribution in [-0.2, 0) is 19.4 Å². The van der Waals surface area contributed by atoms with Crippen molar-refractivity contribution >= 4 is 11.7 Å². The van der Waals surface area contributed by atoms with Crippen molar-refractivity contribution in [2.24, 2.45) is 0 Å². The van der Waals surface area contributed by atoms with Crippen molar-refractivity contribution < 1.29 is 4.79 Å². The fourth-order valence-electron chi connectivity index (χ4n) is 2.07. The molecule has 2 aromatic rings. The van der Waals surface area contributed by atoms with Gasteiger partial charge in [0, 0.05) is 18.3 Å². The maximum Gasteiger partial charge on any atom is 0.275 e. The number of nitrogens with one attached hydrogen (secondary N) is 2. The zero-order valence-corrected chi connectivity index (χ0v) is 12.2. The lowest BCUT2D eigenvalue weighted by atomic mass is 10.2. The molecule has 6 nitrogen and oxygen atoms in total. The summed E-state index contributed by atoms with van der Waals surface area (Å²) in [6.45, 7) is 6.77. The molecule has 0 spiro atoms. The molecule has 2 rings (SSSR count). The van der Waals surface area contributed by atoms with E-state index in [2.05, 4.69) is 27.5 Å². The van der Waals surface area contributed by atoms with E-state index in [1.54, 1.807) is 4.68 Å². The minimum absolute atomic E-state index is 0.173. The Balaban J connectivity index is 2.12. The first-order valence-electron chi connectivity index (χ1n) is 7.10. The molecule has 0 saturated heterocycles. The third kappa shape index (κ3) is 3.07. The third-order valence-electron chi connectivity index (χ3n) is 3.12. The van der Waals surface area contributed by atoms with Crippen molar-refractivity contribution in [2.75, 3.05) is 5.32 Å². The quantitative estimate of drug-likeness (QED) is 0.850. The molecule has 0 saturated carbocycles. The van der Waals surface area contributed by atoms with Gasteiger partial charge in [0.05, 0.1) is 5.69 Å². The Hall–Kier alpha value is -2.11. The number of rotatable bonds is 6. The van der Waals surface area contributed by atoms with Crippen molar-refractivity contribution in [3.63, 3.8) is 0 Å². The first-order chi connectivity index (χ1) is 9.67. The van der Waals surface area contributed by atoms with Gasteiger partial charge >= 0.3 is 0 Å². The monoisotopic (exact) mass is 275 g/mol. The lowest BCUT2D eigenvalue weighted by Crippen LogP contribution is -2.17. The Kier molecular flexibility index (Phi) is 4.55. The molecule has 0 atom stereocenters. The number of carbonyl (C=O) groups is 1. The van der Waals surface area contributed by atoms with E-state index in [9.17, 15) is 4.79 Å². The number of anilines is 1. The fourth-order valence-corrected chi connectivity index (χ4v) is 2.07. The molecule has 0 radical (unpaired) electrons. The minimum Gasteiger partial charge on any atom is -0.304 e. The van der Waals surface area contributed by atoms with E-state index < -0.39 is 0 Å². The smallest absolute Gasteiger partial charge is 0.275 e. The number of carbonyl (C=O) groups excluding carboxylic acids is 1. The van der Waals surface area contributed by atoms with E-state index in [1.165, 1.54) is 0 Å². The van der Waals surface area contributed by atoms with E-state index in [0.717, 1.165) is 30.7 Å². The van der Waals surface area contributed by atoms with Crippen LogP contribution in [0.1, 0.15) is 49.1 Å². The molecule has 0 aliphatic rings. The number of amides is 1. The van der Waals surface area contributed by atoms with E-state index in [0.29, 0.717) is 18.1 Å². The zero-order valence-electron chi connectivity index (χ0n) is 12.2. The number of aromatic nitrogens is 4. The maximum absolute atomic E-state index is 12.3. The van der Waals surface area contributed by atoms with Gasteiger partial charge in [-0.25, -0.2) is 0 Å². The molecule has 6 heteroatoms. The number of hydrogen-bond acceptors (Lipinski definition) is 3. The zero-order chi connectivity index (χ0) is 14.5. The van der Waals surface area contributed by atoms with Crippen molar-refractivity contribution in [3.05, 3.63) is 29.2 Å². The molecule has 2 N–H and O–H groups in total. The van der Waals surface area contributed by atoms with Crippen LogP contribution in [-0.4, -0.2) is 25.9 Å². The minimum atomic E-state index is -0.173. The Morgan fingerprint density at radius 1 is 1.35 bits per heavy atom. The summed E-state index contributed by atoms with van der Waals surface area (Å²) in [7, 11) is 0. The van der Waals surface area contributed by atoms with Gasteiger partial charge in [-0.1, -0.05) is 20.3 Å². The molecule has 108 valence electrons. The van der Waals surface area contributed by atoms with Gasteiger partial charge in [0.25, 0.3) is 5.91 Å². The second-order valence-corrected chi connectivity index (χ2v) is 4.67. The molecule has 0 unspecified atom stereocenters. The highest BCUT2D eigenvalue weighted by Gasteiger charge is 2.15. The van der Waals surface area contributed by atoms with Gasteiger partial charge in [0.15, 0.2) is 5.82 Å². The molecular weight excluding hydrogens is 254 g/mol. The van der Waals surface area contributed by atoms with Crippen LogP contribution in [0.4, 0.5) is 5.82 Å². The standard InChI is InChI=1S/C14H21N5O/c1-4-7-11-9-13(17-16-11)15-14(20)12-8-10(5-2)18-19(12)6-3/h8-9H,4-7H2,1-3H3,(H2,15,16,17,20). The predicted molar refractivity (Wildman–Crippen MR) is 77.8 cm³/mol. The van der Waals surface area contributed by atoms with Gasteiger partial charge in [-0.15, -0.1) is 0 Å². The van der Waals surface area contributed by atoms with Crippen LogP contribution in [0.2, 0.25) is 0 Å². The van der Waals surface area contributed by atoms with Crippen LogP contribution in [0.25, 0.3) is 0 Å². The predicted octanol–water partition coefficient (Wildman–Crippen LogP) is 2.39. The Morgan fingerprint density at radius 3 is 2.80 bits per heavy atom. The molecule has 0 bridgehead atoms. The van der Waals surface area contributed by atoms with Gasteiger partial charge in [-0.2, -0.15) is 10.2 Å². The number of aromatic amines is 1. The molecule has 2 heterocycles. The van der Waals surface area contributed by atoms with Crippen LogP contribution in [0.15, 0.2) is 12.1 Å². The van der Waals surface area contributed by atoms with Crippen LogP contribution in [0.3, 0.4) is 0 Å². The lowest BCUT2D eigenvalue weighted by Gasteiger charge is -2.03. The molecular formula is C14H21N5O. The van der Waals surface area contributed by atoms with Gasteiger partial charge < -0.3 is 5.32 Å². The Bertz CT molecular complexity index is 584. The largest absolute Gasteiger partial charge is 0.304 e. The van der Waals surface area contributed by atoms with E-state index in [4.69, 9.17) is 0 Å². The molecule has 0 aliphatic heterocycles. The summed E-state index contributed by atoms with van der Waals surface area (Å²) < 4.78 is 1.72. The molecule has 20 heavy (non-hydrogen) atoms. The molecule has 1 amide bonds. The average molecular weight is 275 g/mol. The summed E-state index contributed by atoms with van der Waals surface area (Å²) in [6.07, 6.45) is 2.78. The summed E-state index contributed by atoms with van der Waals surface area (Å²) in [4.78, 5) is 12.3. The van der Waals surface area contributed by atoms with Gasteiger partial charge in [-0.3, -0.25) is 14.6 Å². The lowest BCUT2D eigenvalue weighted by molar-refractivity contribution is 0.101. The number of aryl methyl sites for hydroxylation is 3. The van der Waals surface area contributed by atoms with Crippen LogP contribution >= 0.6 is 0 Å². The topological polar surface area (TPSA) is 75.6 Å². The first-order valence-corrected chi connectivity index (χ1v) is 7.10. The fraction of sp³-hybridized carbons (Fsp3) is 0.500. The van der Waals surface area contributed by atoms with Crippen LogP contribution in [0.5, 0.6) is 0 Å². The van der Waals surface area contributed by atoms with Crippen LogP contribution in [0, 0.1) is 0 Å². The molecule has 0 aliphatic carbocycles. The first kappa shape index (κ1) is 14.3. The SMILES string of the molecule is CCCc1cc(NC(=O)c2cc(CC)nn2CC)n[nH]1. The molecule has 0 fully saturated rings. The van der Waals surface area contributed by atoms with E-state index >= 15 is 0 Å². The number of hydrogen-bond donors (Lipinski definition) is 2. The van der Waals surface area contributed by atoms with Crippen molar-refractivity contribution in [1.82, 2.24) is 20.0 Å². The van der Waals surface area contributed by atoms with Gasteiger partial charge in [0.1, 0.15) is 5.69 Å². The molecule has 0 aromatic carbocycles. The van der Waals surface area contributed by atoms with Crippen molar-refractivity contribution in [1.29, 1.82) is 0 Å². The van der Waals surface area contributed by atoms with Gasteiger partial charge in [-0.05, 0) is 25.8 Å². The summed E-state index contributed by atoms with van der Waals surface area (Å²) in [5.74, 6) is 0.383. The van der Waals surface area contributed by atoms with E-state index in [-0.39, 0.29) is 5.91 Å². The second-order valence-electron chi connectivity index (χ2n) is 4.67. The number of H-pyrrole nitrogens is 1. The third-order valence-corrected chi connectivity index (χ3v) is 3.12. The van der Waals surface area contributed by atoms with Crippen molar-refractivity contribution in [2.45, 2.75) is 46.6 Å². The summed E-state index contributed by atoms with van der Waals surface area (Å²) in [5, 5.41) is 14.2. The normalized spacial score (nSPS) is 10.8. The summed E-state index contributed by atoms with van der Waals surface area (Å²) in [5.41, 5.74) is 2.52. The summed E-state index contributed by atoms with van der Waals surface area (Å²) in [6, 6.07) is 3.70. The highest BCUT2D eigenvalue weighted by molar-refractivity contribution is 6.02. The molecule has 2 aromatic heterocycles. The maximum atomic E-state index is 12.3. The Morgan fingerprint density at radius 2 is 2.15 bits per heavy atom. The highest BCUT2D eigenvalue weighted by Crippen LogP contribution is 2.11. The second kappa shape index (κ2) is 6.36.